The predicted molar refractivity (Wildman–Crippen MR) is 217 cm³/mol. The smallest absolute Gasteiger partial charge is 0.507 e. The lowest BCUT2D eigenvalue weighted by Crippen LogP contribution is -2.12. The molecule has 0 aliphatic rings. The molecule has 0 spiro atoms. The highest BCUT2D eigenvalue weighted by Gasteiger charge is 2.16. The van der Waals surface area contributed by atoms with Crippen molar-refractivity contribution in [1.82, 2.24) is 0 Å². The van der Waals surface area contributed by atoms with E-state index in [2.05, 4.69) is 23.3 Å². The van der Waals surface area contributed by atoms with E-state index in [1.165, 1.54) is 12.8 Å². The zero-order valence-corrected chi connectivity index (χ0v) is 33.7. The van der Waals surface area contributed by atoms with E-state index in [9.17, 15) is 24.9 Å². The average Bonchev–Trinajstić information content (AvgIpc) is 3.12. The molecule has 0 saturated heterocycles. The fourth-order valence-electron chi connectivity index (χ4n) is 5.58. The monoisotopic (exact) mass is 780 g/mol. The van der Waals surface area contributed by atoms with Crippen molar-refractivity contribution in [3.05, 3.63) is 95.1 Å². The molecule has 0 aliphatic heterocycles. The number of aromatic hydroxyl groups is 3. The van der Waals surface area contributed by atoms with Gasteiger partial charge in [0, 0.05) is 0 Å². The molecule has 300 valence electrons. The van der Waals surface area contributed by atoms with Crippen LogP contribution in [0.3, 0.4) is 0 Å². The van der Waals surface area contributed by atoms with Gasteiger partial charge in [0.2, 0.25) is 6.79 Å². The van der Waals surface area contributed by atoms with Crippen LogP contribution in [-0.2, 0) is 31.8 Å². The number of hydrogen-bond acceptors (Lipinski definition) is 10. The highest BCUT2D eigenvalue weighted by atomic mass is 35.5. The maximum Gasteiger partial charge on any atom is 0.511 e. The van der Waals surface area contributed by atoms with Crippen molar-refractivity contribution in [3.8, 4) is 45.3 Å². The van der Waals surface area contributed by atoms with Crippen molar-refractivity contribution in [2.24, 2.45) is 0 Å². The summed E-state index contributed by atoms with van der Waals surface area (Å²) in [5, 5.41) is 31.1. The van der Waals surface area contributed by atoms with Crippen LogP contribution in [0.4, 0.5) is 9.59 Å². The number of benzene rings is 4. The number of alkyl halides is 1. The molecule has 0 fully saturated rings. The summed E-state index contributed by atoms with van der Waals surface area (Å²) in [6.07, 6.45) is 6.96. The van der Waals surface area contributed by atoms with E-state index >= 15 is 0 Å². The number of aryl methyl sites for hydroxylation is 4. The second-order valence-corrected chi connectivity index (χ2v) is 12.9. The van der Waals surface area contributed by atoms with Crippen molar-refractivity contribution in [1.29, 1.82) is 0 Å². The van der Waals surface area contributed by atoms with Crippen LogP contribution < -0.4 is 4.74 Å². The number of ether oxygens (including phenoxy) is 5. The lowest BCUT2D eigenvalue weighted by Gasteiger charge is -2.16. The Hall–Kier alpha value is -5.09. The Balaban J connectivity index is 0.000000326. The molecule has 0 amide bonds. The maximum atomic E-state index is 11.4. The first kappa shape index (κ1) is 46.1. The minimum Gasteiger partial charge on any atom is -0.507 e. The molecule has 0 aliphatic carbocycles. The van der Waals surface area contributed by atoms with Gasteiger partial charge >= 0.3 is 12.3 Å². The van der Waals surface area contributed by atoms with Gasteiger partial charge in [-0.1, -0.05) is 111 Å². The third-order valence-corrected chi connectivity index (χ3v) is 8.25. The van der Waals surface area contributed by atoms with Crippen LogP contribution in [0, 0.1) is 13.8 Å². The first-order valence-electron chi connectivity index (χ1n) is 18.8. The van der Waals surface area contributed by atoms with Gasteiger partial charge < -0.3 is 39.0 Å². The molecule has 11 heteroatoms. The van der Waals surface area contributed by atoms with Crippen molar-refractivity contribution < 1.29 is 48.6 Å². The first-order chi connectivity index (χ1) is 26.5. The molecule has 4 rings (SSSR count). The summed E-state index contributed by atoms with van der Waals surface area (Å²) in [6, 6.07) is 22.7. The highest BCUT2D eigenvalue weighted by molar-refractivity contribution is 6.17. The van der Waals surface area contributed by atoms with Gasteiger partial charge in [0.05, 0.1) is 24.3 Å². The fourth-order valence-corrected chi connectivity index (χ4v) is 5.67. The molecule has 4 aromatic rings. The molecular formula is C44H57ClO10. The lowest BCUT2D eigenvalue weighted by molar-refractivity contribution is 0.00700. The van der Waals surface area contributed by atoms with Crippen LogP contribution in [0.1, 0.15) is 88.5 Å². The van der Waals surface area contributed by atoms with Gasteiger partial charge in [0.1, 0.15) is 23.0 Å². The summed E-state index contributed by atoms with van der Waals surface area (Å²) in [5.41, 5.74) is 6.96. The third kappa shape index (κ3) is 16.9. The average molecular weight is 781 g/mol. The van der Waals surface area contributed by atoms with Gasteiger partial charge in [0.15, 0.2) is 6.07 Å². The number of phenolic OH excluding ortho intramolecular Hbond substituents is 3. The molecule has 0 aromatic heterocycles. The zero-order chi connectivity index (χ0) is 40.6. The zero-order valence-electron chi connectivity index (χ0n) is 33.0. The summed E-state index contributed by atoms with van der Waals surface area (Å²) in [7, 11) is 0. The Morgan fingerprint density at radius 3 is 1.49 bits per heavy atom. The number of rotatable bonds is 16. The van der Waals surface area contributed by atoms with E-state index in [0.29, 0.717) is 23.5 Å². The van der Waals surface area contributed by atoms with Crippen molar-refractivity contribution in [2.75, 3.05) is 26.1 Å². The lowest BCUT2D eigenvalue weighted by atomic mass is 9.98. The standard InChI is InChI=1S/C22H28O5.C18H22O2.C4H7ClO3/c1-4-6-7-10-17-13-19(23)21(18-11-8-9-16(3)12-18)20(14-17)26-15-27-22(24)25-5-2;1-3-4-5-8-14-11-16(19)18(17(20)12-14)15-9-6-7-13(2)10-15;1-2-7-4(6)8-3-5/h8-9,11-14,23H,4-7,10,15H2,1-3H3;6-7,9-12,19-20H,3-5,8H2,1-2H3;2-3H2,1H3. The van der Waals surface area contributed by atoms with Crippen LogP contribution in [0.15, 0.2) is 72.8 Å². The second-order valence-electron chi connectivity index (χ2n) is 12.7. The fraction of sp³-hybridized carbons (Fsp3) is 0.409. The van der Waals surface area contributed by atoms with Crippen LogP contribution in [0.25, 0.3) is 22.3 Å². The second kappa shape index (κ2) is 25.8. The van der Waals surface area contributed by atoms with Crippen LogP contribution in [-0.4, -0.2) is 53.7 Å². The summed E-state index contributed by atoms with van der Waals surface area (Å²) in [4.78, 5) is 21.5. The normalized spacial score (nSPS) is 10.2. The Labute approximate surface area is 330 Å². The predicted octanol–water partition coefficient (Wildman–Crippen LogP) is 11.8. The SMILES string of the molecule is CCCCCc1cc(O)c(-c2cccc(C)c2)c(O)c1.CCCCCc1cc(O)c(-c2cccc(C)c2)c(OCOC(=O)OCC)c1.CCOC(=O)OCCl. The van der Waals surface area contributed by atoms with Gasteiger partial charge in [-0.05, 0) is 99.9 Å². The van der Waals surface area contributed by atoms with Gasteiger partial charge in [-0.3, -0.25) is 0 Å². The summed E-state index contributed by atoms with van der Waals surface area (Å²) in [5.74, 6) is 0.946. The molecule has 3 N–H and O–H groups in total. The molecule has 0 saturated carbocycles. The van der Waals surface area contributed by atoms with E-state index in [-0.39, 0.29) is 36.7 Å². The van der Waals surface area contributed by atoms with Gasteiger partial charge in [0.25, 0.3) is 0 Å². The minimum atomic E-state index is -0.780. The van der Waals surface area contributed by atoms with Crippen molar-refractivity contribution in [3.63, 3.8) is 0 Å². The van der Waals surface area contributed by atoms with Crippen molar-refractivity contribution >= 4 is 23.9 Å². The van der Waals surface area contributed by atoms with Crippen LogP contribution in [0.5, 0.6) is 23.0 Å². The van der Waals surface area contributed by atoms with Gasteiger partial charge in [-0.15, -0.1) is 0 Å². The molecule has 0 atom stereocenters. The summed E-state index contributed by atoms with van der Waals surface area (Å²) in [6.45, 7) is 12.0. The molecule has 0 unspecified atom stereocenters. The maximum absolute atomic E-state index is 11.4. The van der Waals surface area contributed by atoms with Crippen LogP contribution in [0.2, 0.25) is 0 Å². The molecule has 0 heterocycles. The molecule has 10 nitrogen and oxygen atoms in total. The number of phenols is 3. The number of unbranched alkanes of at least 4 members (excludes halogenated alkanes) is 4. The molecule has 0 bridgehead atoms. The molecule has 55 heavy (non-hydrogen) atoms. The number of halogens is 1. The van der Waals surface area contributed by atoms with E-state index in [0.717, 1.165) is 71.9 Å². The molecule has 0 radical (unpaired) electrons. The minimum absolute atomic E-state index is 0.153. The van der Waals surface area contributed by atoms with Gasteiger partial charge in [-0.25, -0.2) is 9.59 Å². The molecule has 4 aromatic carbocycles. The quantitative estimate of drug-likeness (QED) is 0.0435. The third-order valence-electron chi connectivity index (χ3n) is 8.14. The number of hydrogen-bond donors (Lipinski definition) is 3. The highest BCUT2D eigenvalue weighted by Crippen LogP contribution is 2.40. The van der Waals surface area contributed by atoms with Crippen LogP contribution >= 0.6 is 11.6 Å². The summed E-state index contributed by atoms with van der Waals surface area (Å²) >= 11 is 5.01. The van der Waals surface area contributed by atoms with Gasteiger partial charge in [-0.2, -0.15) is 0 Å². The largest absolute Gasteiger partial charge is 0.511 e. The van der Waals surface area contributed by atoms with E-state index in [1.54, 1.807) is 32.0 Å². The number of carbonyl (C=O) groups excluding carboxylic acids is 2. The van der Waals surface area contributed by atoms with E-state index < -0.39 is 12.3 Å². The topological polar surface area (TPSA) is 141 Å². The Morgan fingerprint density at radius 2 is 1.04 bits per heavy atom. The Bertz CT molecular complexity index is 1730. The van der Waals surface area contributed by atoms with E-state index in [4.69, 9.17) is 25.8 Å². The first-order valence-corrected chi connectivity index (χ1v) is 19.3. The Kier molecular flexibility index (Phi) is 21.6. The van der Waals surface area contributed by atoms with E-state index in [1.807, 2.05) is 68.4 Å². The Morgan fingerprint density at radius 1 is 0.582 bits per heavy atom. The van der Waals surface area contributed by atoms with Crippen molar-refractivity contribution in [2.45, 2.75) is 92.9 Å². The molecular weight excluding hydrogens is 724 g/mol. The summed E-state index contributed by atoms with van der Waals surface area (Å²) < 4.78 is 23.9. The number of carbonyl (C=O) groups is 2.